The van der Waals surface area contributed by atoms with E-state index in [1.807, 2.05) is 12.1 Å². The van der Waals surface area contributed by atoms with Gasteiger partial charge in [0, 0.05) is 60.4 Å². The van der Waals surface area contributed by atoms with Gasteiger partial charge in [-0.2, -0.15) is 0 Å². The van der Waals surface area contributed by atoms with Crippen molar-refractivity contribution in [2.24, 2.45) is 0 Å². The number of nitrogens with zero attached hydrogens (tertiary/aromatic N) is 2. The van der Waals surface area contributed by atoms with Crippen molar-refractivity contribution in [3.05, 3.63) is 57.6 Å². The Morgan fingerprint density at radius 3 is 1.27 bits per heavy atom. The fourth-order valence-corrected chi connectivity index (χ4v) is 7.98. The Morgan fingerprint density at radius 2 is 0.882 bits per heavy atom. The van der Waals surface area contributed by atoms with Crippen molar-refractivity contribution in [1.29, 1.82) is 0 Å². The molecule has 51 heavy (non-hydrogen) atoms. The maximum atomic E-state index is 9.91. The number of phenolic OH excluding ortho intramolecular Hbond substituents is 2. The molecule has 0 spiro atoms. The molecule has 4 rings (SSSR count). The lowest BCUT2D eigenvalue weighted by atomic mass is 10.0. The quantitative estimate of drug-likeness (QED) is 0.0714. The van der Waals surface area contributed by atoms with Crippen molar-refractivity contribution >= 4 is 23.2 Å². The van der Waals surface area contributed by atoms with Gasteiger partial charge < -0.3 is 35.4 Å². The Kier molecular flexibility index (Phi) is 21.0. The summed E-state index contributed by atoms with van der Waals surface area (Å²) in [5.74, 6) is 0.626. The topological polar surface area (TPSA) is 80.2 Å². The van der Waals surface area contributed by atoms with Gasteiger partial charge in [-0.05, 0) is 114 Å². The highest BCUT2D eigenvalue weighted by atomic mass is 35.5. The first-order chi connectivity index (χ1) is 25.0. The van der Waals surface area contributed by atoms with E-state index in [2.05, 4.69) is 20.4 Å². The number of hydrogen-bond donors (Lipinski definition) is 4. The molecule has 0 aliphatic carbocycles. The average molecular weight is 748 g/mol. The van der Waals surface area contributed by atoms with Crippen molar-refractivity contribution in [3.8, 4) is 11.5 Å². The number of likely N-dealkylation sites (tertiary alicyclic amines) is 2. The molecule has 2 fully saturated rings. The summed E-state index contributed by atoms with van der Waals surface area (Å²) >= 11 is 12.1. The molecule has 0 unspecified atom stereocenters. The summed E-state index contributed by atoms with van der Waals surface area (Å²) in [5, 5.41) is 28.0. The zero-order valence-electron chi connectivity index (χ0n) is 31.4. The zero-order chi connectivity index (χ0) is 35.9. The largest absolute Gasteiger partial charge is 0.508 e. The third-order valence-corrected chi connectivity index (χ3v) is 11.3. The second kappa shape index (κ2) is 25.4. The van der Waals surface area contributed by atoms with Crippen LogP contribution < -0.4 is 10.6 Å². The van der Waals surface area contributed by atoms with Gasteiger partial charge >= 0.3 is 0 Å². The van der Waals surface area contributed by atoms with Crippen LogP contribution in [-0.4, -0.2) is 84.6 Å². The fourth-order valence-electron chi connectivity index (χ4n) is 7.59. The Bertz CT molecular complexity index is 1110. The Hall–Kier alpha value is -1.58. The van der Waals surface area contributed by atoms with Crippen molar-refractivity contribution in [3.63, 3.8) is 0 Å². The number of aromatic hydroxyl groups is 2. The maximum Gasteiger partial charge on any atom is 0.120 e. The second-order valence-corrected chi connectivity index (χ2v) is 15.9. The summed E-state index contributed by atoms with van der Waals surface area (Å²) in [5.41, 5.74) is 1.74. The molecule has 2 heterocycles. The number of halogens is 2. The molecule has 2 aromatic rings. The van der Waals surface area contributed by atoms with Crippen molar-refractivity contribution in [2.75, 3.05) is 52.4 Å². The molecule has 2 aliphatic heterocycles. The van der Waals surface area contributed by atoms with E-state index in [1.54, 1.807) is 24.3 Å². The van der Waals surface area contributed by atoms with E-state index >= 15 is 0 Å². The first-order valence-corrected chi connectivity index (χ1v) is 21.2. The molecule has 0 atom stereocenters. The van der Waals surface area contributed by atoms with E-state index in [-0.39, 0.29) is 0 Å². The normalized spacial score (nSPS) is 16.7. The lowest BCUT2D eigenvalue weighted by Gasteiger charge is -2.37. The predicted octanol–water partition coefficient (Wildman–Crippen LogP) is 9.69. The van der Waals surface area contributed by atoms with Gasteiger partial charge in [-0.15, -0.1) is 0 Å². The van der Waals surface area contributed by atoms with E-state index in [9.17, 15) is 10.2 Å². The highest BCUT2D eigenvalue weighted by Gasteiger charge is 2.25. The minimum atomic E-state index is 0.313. The van der Waals surface area contributed by atoms with Crippen LogP contribution in [0.25, 0.3) is 0 Å². The number of unbranched alkanes of at least 4 members (excludes halogenated alkanes) is 12. The maximum absolute atomic E-state index is 9.91. The van der Waals surface area contributed by atoms with Crippen LogP contribution in [0.3, 0.4) is 0 Å². The van der Waals surface area contributed by atoms with E-state index in [0.29, 0.717) is 46.8 Å². The summed E-state index contributed by atoms with van der Waals surface area (Å²) in [6.45, 7) is 10.6. The molecular weight excluding hydrogens is 679 g/mol. The Morgan fingerprint density at radius 1 is 0.529 bits per heavy atom. The monoisotopic (exact) mass is 746 g/mol. The molecule has 2 saturated heterocycles. The molecule has 0 bridgehead atoms. The van der Waals surface area contributed by atoms with Gasteiger partial charge in [0.05, 0.1) is 12.2 Å². The van der Waals surface area contributed by atoms with Crippen LogP contribution in [0.5, 0.6) is 11.5 Å². The Labute approximate surface area is 319 Å². The summed E-state index contributed by atoms with van der Waals surface area (Å²) in [4.78, 5) is 5.33. The minimum Gasteiger partial charge on any atom is -0.508 e. The first kappa shape index (κ1) is 42.2. The van der Waals surface area contributed by atoms with Crippen LogP contribution in [0.15, 0.2) is 36.4 Å². The zero-order valence-corrected chi connectivity index (χ0v) is 32.9. The Balaban J connectivity index is 0.872. The molecule has 0 amide bonds. The molecule has 0 aromatic heterocycles. The number of piperidine rings is 2. The van der Waals surface area contributed by atoms with Gasteiger partial charge in [0.15, 0.2) is 0 Å². The first-order valence-electron chi connectivity index (χ1n) is 20.4. The van der Waals surface area contributed by atoms with Gasteiger partial charge in [-0.25, -0.2) is 0 Å². The number of ether oxygens (including phenoxy) is 1. The minimum absolute atomic E-state index is 0.313. The van der Waals surface area contributed by atoms with Crippen LogP contribution in [0.1, 0.15) is 127 Å². The molecule has 0 radical (unpaired) electrons. The van der Waals surface area contributed by atoms with Crippen LogP contribution in [-0.2, 0) is 17.8 Å². The number of hydrogen-bond acceptors (Lipinski definition) is 7. The molecule has 7 nitrogen and oxygen atoms in total. The number of rotatable bonds is 26. The van der Waals surface area contributed by atoms with E-state index in [4.69, 9.17) is 27.9 Å². The van der Waals surface area contributed by atoms with Gasteiger partial charge in [0.1, 0.15) is 11.5 Å². The van der Waals surface area contributed by atoms with Crippen LogP contribution in [0, 0.1) is 0 Å². The van der Waals surface area contributed by atoms with E-state index in [0.717, 1.165) is 24.2 Å². The third kappa shape index (κ3) is 17.9. The van der Waals surface area contributed by atoms with Crippen molar-refractivity contribution < 1.29 is 14.9 Å². The lowest BCUT2D eigenvalue weighted by Crippen LogP contribution is -2.42. The number of nitrogens with one attached hydrogen (secondary N) is 2. The van der Waals surface area contributed by atoms with Crippen molar-refractivity contribution in [2.45, 2.75) is 141 Å². The molecule has 4 N–H and O–H groups in total. The average Bonchev–Trinajstić information content (AvgIpc) is 3.13. The second-order valence-electron chi connectivity index (χ2n) is 15.1. The molecule has 0 saturated carbocycles. The van der Waals surface area contributed by atoms with E-state index < -0.39 is 0 Å². The lowest BCUT2D eigenvalue weighted by molar-refractivity contribution is -0.0650. The molecule has 288 valence electrons. The summed E-state index contributed by atoms with van der Waals surface area (Å²) in [6.07, 6.45) is 24.0. The SMILES string of the molecule is Oc1ccc(Cl)cc1CNCCCCCCCCCN1CCC(OC2CCN(CCCCCCCCCNCc3cc(Cl)ccc3O)CC2)CC1. The van der Waals surface area contributed by atoms with E-state index in [1.165, 1.54) is 155 Å². The standard InChI is InChI=1S/C42H68Cl2N4O3/c43-37-15-17-41(49)35(31-37)33-45-23-11-7-3-1-5-9-13-25-47-27-19-39(20-28-47)51-40-21-29-48(30-22-40)26-14-10-6-2-4-8-12-24-46-34-36-32-38(44)16-18-42(36)50/h15-18,31-32,39-40,45-46,49-50H,1-14,19-30,33-34H2. The predicted molar refractivity (Wildman–Crippen MR) is 214 cm³/mol. The summed E-state index contributed by atoms with van der Waals surface area (Å²) in [6, 6.07) is 10.4. The van der Waals surface area contributed by atoms with Crippen molar-refractivity contribution in [1.82, 2.24) is 20.4 Å². The van der Waals surface area contributed by atoms with Gasteiger partial charge in [0.2, 0.25) is 0 Å². The number of phenols is 2. The highest BCUT2D eigenvalue weighted by molar-refractivity contribution is 6.31. The summed E-state index contributed by atoms with van der Waals surface area (Å²) in [7, 11) is 0. The van der Waals surface area contributed by atoms with Gasteiger partial charge in [-0.1, -0.05) is 87.4 Å². The molecule has 2 aliphatic rings. The fraction of sp³-hybridized carbons (Fsp3) is 0.714. The number of benzene rings is 2. The third-order valence-electron chi connectivity index (χ3n) is 10.8. The van der Waals surface area contributed by atoms with Crippen LogP contribution >= 0.6 is 23.2 Å². The molecule has 9 heteroatoms. The van der Waals surface area contributed by atoms with Crippen LogP contribution in [0.2, 0.25) is 10.0 Å². The molecule has 2 aromatic carbocycles. The van der Waals surface area contributed by atoms with Gasteiger partial charge in [0.25, 0.3) is 0 Å². The smallest absolute Gasteiger partial charge is 0.120 e. The van der Waals surface area contributed by atoms with Gasteiger partial charge in [-0.3, -0.25) is 0 Å². The summed E-state index contributed by atoms with van der Waals surface area (Å²) < 4.78 is 6.61. The van der Waals surface area contributed by atoms with Crippen LogP contribution in [0.4, 0.5) is 0 Å². The highest BCUT2D eigenvalue weighted by Crippen LogP contribution is 2.24. The molecular formula is C42H68Cl2N4O3.